The lowest BCUT2D eigenvalue weighted by molar-refractivity contribution is -0.156. The van der Waals surface area contributed by atoms with Gasteiger partial charge in [-0.2, -0.15) is 13.2 Å². The molecule has 0 fully saturated rings. The molecule has 0 radical (unpaired) electrons. The van der Waals surface area contributed by atoms with Crippen molar-refractivity contribution in [1.29, 1.82) is 0 Å². The fourth-order valence-electron chi connectivity index (χ4n) is 2.01. The van der Waals surface area contributed by atoms with Crippen LogP contribution in [0.4, 0.5) is 13.2 Å². The summed E-state index contributed by atoms with van der Waals surface area (Å²) in [5.41, 5.74) is -1.07. The first-order valence-corrected chi connectivity index (χ1v) is 7.29. The van der Waals surface area contributed by atoms with Crippen LogP contribution in [0, 0.1) is 0 Å². The number of hydrogen-bond acceptors (Lipinski definition) is 3. The number of ether oxygens (including phenoxy) is 1. The molecular formula is C14H17BrF3NO2. The minimum absolute atomic E-state index is 0.102. The summed E-state index contributed by atoms with van der Waals surface area (Å²) in [7, 11) is 0. The van der Waals surface area contributed by atoms with Crippen molar-refractivity contribution in [2.45, 2.75) is 32.0 Å². The van der Waals surface area contributed by atoms with E-state index < -0.39 is 24.2 Å². The number of carbonyl (C=O) groups is 1. The lowest BCUT2D eigenvalue weighted by Gasteiger charge is -2.32. The number of nitrogens with one attached hydrogen (secondary N) is 1. The number of carbonyl (C=O) groups excluding carboxylic acids is 1. The molecule has 3 nitrogen and oxygen atoms in total. The highest BCUT2D eigenvalue weighted by molar-refractivity contribution is 9.10. The predicted molar refractivity (Wildman–Crippen MR) is 76.8 cm³/mol. The summed E-state index contributed by atoms with van der Waals surface area (Å²) in [6, 6.07) is 6.56. The largest absolute Gasteiger partial charge is 0.464 e. The molecular weight excluding hydrogens is 351 g/mol. The van der Waals surface area contributed by atoms with Gasteiger partial charge in [0.25, 0.3) is 0 Å². The molecule has 0 aliphatic heterocycles. The molecule has 0 amide bonds. The zero-order valence-electron chi connectivity index (χ0n) is 11.8. The second-order valence-corrected chi connectivity index (χ2v) is 5.37. The van der Waals surface area contributed by atoms with Crippen LogP contribution in [0.3, 0.4) is 0 Å². The van der Waals surface area contributed by atoms with E-state index in [2.05, 4.69) is 21.2 Å². The van der Waals surface area contributed by atoms with E-state index in [1.807, 2.05) is 0 Å². The van der Waals surface area contributed by atoms with Crippen LogP contribution in [0.1, 0.15) is 25.8 Å². The van der Waals surface area contributed by atoms with Gasteiger partial charge in [0.05, 0.1) is 13.2 Å². The molecule has 118 valence electrons. The van der Waals surface area contributed by atoms with E-state index >= 15 is 0 Å². The van der Waals surface area contributed by atoms with Crippen LogP contribution in [0.15, 0.2) is 28.7 Å². The summed E-state index contributed by atoms with van der Waals surface area (Å²) in [4.78, 5) is 12.2. The van der Waals surface area contributed by atoms with E-state index in [4.69, 9.17) is 4.74 Å². The van der Waals surface area contributed by atoms with Gasteiger partial charge < -0.3 is 4.74 Å². The van der Waals surface area contributed by atoms with E-state index in [9.17, 15) is 18.0 Å². The van der Waals surface area contributed by atoms with Crippen molar-refractivity contribution < 1.29 is 22.7 Å². The third-order valence-electron chi connectivity index (χ3n) is 3.08. The smallest absolute Gasteiger partial charge is 0.401 e. The van der Waals surface area contributed by atoms with Gasteiger partial charge in [0, 0.05) is 4.47 Å². The molecule has 0 aliphatic rings. The van der Waals surface area contributed by atoms with Crippen LogP contribution in [-0.2, 0) is 15.1 Å². The molecule has 0 saturated heterocycles. The van der Waals surface area contributed by atoms with Gasteiger partial charge in [-0.15, -0.1) is 0 Å². The van der Waals surface area contributed by atoms with Crippen molar-refractivity contribution in [2.75, 3.05) is 13.2 Å². The maximum absolute atomic E-state index is 12.5. The SMILES string of the molecule is CCOC(=O)C(CC)(NCC(F)(F)F)c1ccc(Br)cc1. The Morgan fingerprint density at radius 3 is 2.24 bits per heavy atom. The number of esters is 1. The minimum atomic E-state index is -4.41. The molecule has 0 aromatic heterocycles. The van der Waals surface area contributed by atoms with E-state index in [1.165, 1.54) is 0 Å². The number of rotatable bonds is 6. The average molecular weight is 368 g/mol. The van der Waals surface area contributed by atoms with Crippen molar-refractivity contribution in [3.8, 4) is 0 Å². The Kier molecular flexibility index (Phi) is 6.22. The second kappa shape index (κ2) is 7.26. The number of hydrogen-bond donors (Lipinski definition) is 1. The van der Waals surface area contributed by atoms with Crippen LogP contribution < -0.4 is 5.32 Å². The van der Waals surface area contributed by atoms with E-state index in [0.29, 0.717) is 5.56 Å². The summed E-state index contributed by atoms with van der Waals surface area (Å²) in [5, 5.41) is 2.33. The molecule has 1 N–H and O–H groups in total. The van der Waals surface area contributed by atoms with Crippen molar-refractivity contribution >= 4 is 21.9 Å². The highest BCUT2D eigenvalue weighted by Gasteiger charge is 2.42. The number of alkyl halides is 3. The molecule has 1 atom stereocenters. The molecule has 21 heavy (non-hydrogen) atoms. The second-order valence-electron chi connectivity index (χ2n) is 4.45. The third kappa shape index (κ3) is 4.71. The van der Waals surface area contributed by atoms with Gasteiger partial charge in [-0.05, 0) is 31.0 Å². The first kappa shape index (κ1) is 18.0. The van der Waals surface area contributed by atoms with Crippen molar-refractivity contribution in [3.05, 3.63) is 34.3 Å². The van der Waals surface area contributed by atoms with Gasteiger partial charge in [0.15, 0.2) is 0 Å². The summed E-state index contributed by atoms with van der Waals surface area (Å²) < 4.78 is 43.3. The van der Waals surface area contributed by atoms with Gasteiger partial charge in [-0.1, -0.05) is 35.0 Å². The van der Waals surface area contributed by atoms with E-state index in [-0.39, 0.29) is 13.0 Å². The Bertz CT molecular complexity index is 476. The third-order valence-corrected chi connectivity index (χ3v) is 3.61. The molecule has 7 heteroatoms. The van der Waals surface area contributed by atoms with Gasteiger partial charge in [0.2, 0.25) is 0 Å². The van der Waals surface area contributed by atoms with Crippen LogP contribution in [-0.4, -0.2) is 25.3 Å². The maximum atomic E-state index is 12.5. The molecule has 0 spiro atoms. The summed E-state index contributed by atoms with van der Waals surface area (Å²) in [6.07, 6.45) is -4.27. The predicted octanol–water partition coefficient (Wildman–Crippen LogP) is 3.77. The highest BCUT2D eigenvalue weighted by Crippen LogP contribution is 2.29. The standard InChI is InChI=1S/C14H17BrF3NO2/c1-3-13(12(20)21-4-2,19-9-14(16,17)18)10-5-7-11(15)8-6-10/h5-8,19H,3-4,9H2,1-2H3. The summed E-state index contributed by atoms with van der Waals surface area (Å²) in [6.45, 7) is 2.09. The summed E-state index contributed by atoms with van der Waals surface area (Å²) in [5.74, 6) is -0.709. The Labute approximate surface area is 130 Å². The molecule has 1 rings (SSSR count). The van der Waals surface area contributed by atoms with E-state index in [0.717, 1.165) is 4.47 Å². The van der Waals surface area contributed by atoms with Gasteiger partial charge >= 0.3 is 12.1 Å². The number of halogens is 4. The molecule has 1 aromatic carbocycles. The lowest BCUT2D eigenvalue weighted by atomic mass is 9.87. The maximum Gasteiger partial charge on any atom is 0.401 e. The quantitative estimate of drug-likeness (QED) is 0.777. The van der Waals surface area contributed by atoms with Crippen LogP contribution >= 0.6 is 15.9 Å². The van der Waals surface area contributed by atoms with E-state index in [1.54, 1.807) is 38.1 Å². The molecule has 1 aromatic rings. The monoisotopic (exact) mass is 367 g/mol. The molecule has 0 bridgehead atoms. The average Bonchev–Trinajstić information content (AvgIpc) is 2.41. The normalized spacial score (nSPS) is 14.6. The van der Waals surface area contributed by atoms with Gasteiger partial charge in [-0.3, -0.25) is 5.32 Å². The highest BCUT2D eigenvalue weighted by atomic mass is 79.9. The van der Waals surface area contributed by atoms with Gasteiger partial charge in [-0.25, -0.2) is 4.79 Å². The Morgan fingerprint density at radius 1 is 1.24 bits per heavy atom. The Morgan fingerprint density at radius 2 is 1.81 bits per heavy atom. The van der Waals surface area contributed by atoms with Crippen molar-refractivity contribution in [3.63, 3.8) is 0 Å². The molecule has 0 aliphatic carbocycles. The van der Waals surface area contributed by atoms with Crippen molar-refractivity contribution in [2.24, 2.45) is 0 Å². The summed E-state index contributed by atoms with van der Waals surface area (Å²) >= 11 is 3.26. The number of benzene rings is 1. The van der Waals surface area contributed by atoms with Crippen LogP contribution in [0.2, 0.25) is 0 Å². The Balaban J connectivity index is 3.18. The molecule has 0 saturated carbocycles. The first-order valence-electron chi connectivity index (χ1n) is 6.50. The fourth-order valence-corrected chi connectivity index (χ4v) is 2.27. The van der Waals surface area contributed by atoms with Crippen LogP contribution in [0.25, 0.3) is 0 Å². The Hall–Kier alpha value is -1.08. The van der Waals surface area contributed by atoms with Gasteiger partial charge in [0.1, 0.15) is 5.54 Å². The zero-order valence-corrected chi connectivity index (χ0v) is 13.3. The molecule has 0 heterocycles. The lowest BCUT2D eigenvalue weighted by Crippen LogP contribution is -2.52. The minimum Gasteiger partial charge on any atom is -0.464 e. The molecule has 1 unspecified atom stereocenters. The van der Waals surface area contributed by atoms with Crippen LogP contribution in [0.5, 0.6) is 0 Å². The fraction of sp³-hybridized carbons (Fsp3) is 0.500. The first-order chi connectivity index (χ1) is 9.75. The zero-order chi connectivity index (χ0) is 16.1. The topological polar surface area (TPSA) is 38.3 Å². The van der Waals surface area contributed by atoms with Crippen molar-refractivity contribution in [1.82, 2.24) is 5.32 Å².